The lowest BCUT2D eigenvalue weighted by Gasteiger charge is -2.50. The third-order valence-electron chi connectivity index (χ3n) is 9.42. The number of benzene rings is 2. The molecule has 212 valence electrons. The van der Waals surface area contributed by atoms with Gasteiger partial charge in [0.25, 0.3) is 5.91 Å². The number of rotatable bonds is 2. The summed E-state index contributed by atoms with van der Waals surface area (Å²) in [6.45, 7) is 6.56. The average molecular weight is 576 g/mol. The lowest BCUT2D eigenvalue weighted by molar-refractivity contribution is -0.121. The van der Waals surface area contributed by atoms with Gasteiger partial charge in [0, 0.05) is 47.1 Å². The number of nitrogens with one attached hydrogen (secondary N) is 2. The van der Waals surface area contributed by atoms with Crippen molar-refractivity contribution in [2.75, 3.05) is 43.0 Å². The Hall–Kier alpha value is -3.47. The fourth-order valence-corrected chi connectivity index (χ4v) is 7.69. The second kappa shape index (κ2) is 9.01. The normalized spacial score (nSPS) is 26.0. The predicted octanol–water partition coefficient (Wildman–Crippen LogP) is 4.25. The topological polar surface area (TPSA) is 89.6 Å². The Bertz CT molecular complexity index is 1760. The minimum atomic E-state index is -0.504. The van der Waals surface area contributed by atoms with Gasteiger partial charge in [0.05, 0.1) is 29.0 Å². The monoisotopic (exact) mass is 575 g/mol. The first kappa shape index (κ1) is 25.3. The molecule has 2 aromatic heterocycles. The Labute approximate surface area is 241 Å². The van der Waals surface area contributed by atoms with E-state index in [1.54, 1.807) is 6.20 Å². The summed E-state index contributed by atoms with van der Waals surface area (Å²) in [5.74, 6) is -0.165. The molecule has 2 fully saturated rings. The highest BCUT2D eigenvalue weighted by atomic mass is 35.5. The zero-order chi connectivity index (χ0) is 28.2. The zero-order valence-corrected chi connectivity index (χ0v) is 23.9. The second-order valence-electron chi connectivity index (χ2n) is 11.9. The molecule has 0 radical (unpaired) electrons. The highest BCUT2D eigenvalue weighted by Crippen LogP contribution is 2.52. The number of nitrogens with zero attached hydrogens (tertiary/aromatic N) is 5. The molecule has 0 spiro atoms. The number of halogens is 2. The van der Waals surface area contributed by atoms with Crippen molar-refractivity contribution >= 4 is 50.7 Å². The van der Waals surface area contributed by atoms with Crippen molar-refractivity contribution in [3.63, 3.8) is 0 Å². The van der Waals surface area contributed by atoms with E-state index in [4.69, 9.17) is 21.3 Å². The SMILES string of the molecule is Cc1ccc2[nH]ncc2c1-c1c(Cl)cc2c3c4c(nc2c1F)O[C@@H]([C@@H]1CCCN1C)CN4C(=O)[C@H]1CN[C@H](C)CN31. The maximum Gasteiger partial charge on any atom is 0.251 e. The number of piperazine rings is 1. The number of aromatic nitrogens is 3. The highest BCUT2D eigenvalue weighted by molar-refractivity contribution is 6.35. The van der Waals surface area contributed by atoms with E-state index in [9.17, 15) is 4.79 Å². The molecule has 9 nitrogen and oxygen atoms in total. The number of likely N-dealkylation sites (tertiary alicyclic amines) is 1. The molecule has 4 atom stereocenters. The maximum absolute atomic E-state index is 16.9. The fraction of sp³-hybridized carbons (Fsp3) is 0.433. The van der Waals surface area contributed by atoms with Crippen LogP contribution in [0.5, 0.6) is 5.88 Å². The molecule has 0 unspecified atom stereocenters. The number of hydrogen-bond acceptors (Lipinski definition) is 7. The maximum atomic E-state index is 16.9. The van der Waals surface area contributed by atoms with Crippen LogP contribution in [-0.4, -0.2) is 83.4 Å². The molecule has 1 amide bonds. The number of hydrogen-bond donors (Lipinski definition) is 2. The number of aryl methyl sites for hydroxylation is 1. The molecular weight excluding hydrogens is 545 g/mol. The molecule has 2 N–H and O–H groups in total. The van der Waals surface area contributed by atoms with E-state index in [1.807, 2.05) is 30.0 Å². The van der Waals surface area contributed by atoms with E-state index in [-0.39, 0.29) is 34.6 Å². The number of anilines is 2. The second-order valence-corrected chi connectivity index (χ2v) is 12.3. The van der Waals surface area contributed by atoms with Crippen LogP contribution in [0.3, 0.4) is 0 Å². The molecule has 2 saturated heterocycles. The number of ether oxygens (including phenoxy) is 1. The van der Waals surface area contributed by atoms with Crippen molar-refractivity contribution in [1.82, 2.24) is 25.4 Å². The number of likely N-dealkylation sites (N-methyl/N-ethyl adjacent to an activating group) is 1. The predicted molar refractivity (Wildman–Crippen MR) is 158 cm³/mol. The third kappa shape index (κ3) is 3.57. The van der Waals surface area contributed by atoms with Gasteiger partial charge in [0.2, 0.25) is 5.88 Å². The number of carbonyl (C=O) groups is 1. The average Bonchev–Trinajstić information content (AvgIpc) is 3.61. The van der Waals surface area contributed by atoms with Gasteiger partial charge in [-0.1, -0.05) is 17.7 Å². The van der Waals surface area contributed by atoms with Gasteiger partial charge in [0.15, 0.2) is 5.82 Å². The summed E-state index contributed by atoms with van der Waals surface area (Å²) in [4.78, 5) is 25.0. The van der Waals surface area contributed by atoms with Crippen LogP contribution in [-0.2, 0) is 4.79 Å². The Morgan fingerprint density at radius 1 is 1.17 bits per heavy atom. The molecule has 4 aliphatic heterocycles. The number of fused-ring (bicyclic) bond motifs is 5. The van der Waals surface area contributed by atoms with Crippen molar-refractivity contribution in [3.05, 3.63) is 40.8 Å². The Morgan fingerprint density at radius 2 is 2.02 bits per heavy atom. The molecule has 4 aromatic rings. The molecule has 0 saturated carbocycles. The first-order chi connectivity index (χ1) is 19.8. The van der Waals surface area contributed by atoms with Crippen molar-refractivity contribution < 1.29 is 13.9 Å². The first-order valence-corrected chi connectivity index (χ1v) is 14.7. The standard InChI is InChI=1S/C30H31ClFN7O2/c1-14-6-7-19-17(10-34-36-19)23(14)24-18(31)9-16-26(25(24)32)35-29-28-27(16)38-12-15(2)33-11-21(38)30(40)39(28)13-22(41-29)20-5-4-8-37(20)3/h6-7,9-10,15,20-22,33H,4-5,8,11-13H2,1-3H3,(H,34,36)/t15-,20+,21-,22-/m1/s1. The summed E-state index contributed by atoms with van der Waals surface area (Å²) in [6.07, 6.45) is 3.50. The van der Waals surface area contributed by atoms with Gasteiger partial charge < -0.3 is 19.9 Å². The van der Waals surface area contributed by atoms with E-state index < -0.39 is 11.9 Å². The van der Waals surface area contributed by atoms with Crippen molar-refractivity contribution in [2.45, 2.75) is 50.9 Å². The van der Waals surface area contributed by atoms with Gasteiger partial charge in [-0.2, -0.15) is 5.10 Å². The summed E-state index contributed by atoms with van der Waals surface area (Å²) in [5.41, 5.74) is 4.25. The summed E-state index contributed by atoms with van der Waals surface area (Å²) < 4.78 is 23.5. The van der Waals surface area contributed by atoms with Crippen LogP contribution >= 0.6 is 11.6 Å². The number of pyridine rings is 1. The smallest absolute Gasteiger partial charge is 0.251 e. The van der Waals surface area contributed by atoms with Crippen LogP contribution in [0.2, 0.25) is 5.02 Å². The van der Waals surface area contributed by atoms with Gasteiger partial charge in [-0.15, -0.1) is 0 Å². The van der Waals surface area contributed by atoms with Crippen LogP contribution in [0.1, 0.15) is 25.3 Å². The van der Waals surface area contributed by atoms with Gasteiger partial charge in [-0.3, -0.25) is 14.8 Å². The van der Waals surface area contributed by atoms with E-state index >= 15 is 4.39 Å². The molecule has 6 heterocycles. The van der Waals surface area contributed by atoms with E-state index in [0.717, 1.165) is 41.5 Å². The molecule has 8 rings (SSSR count). The van der Waals surface area contributed by atoms with Crippen LogP contribution < -0.4 is 19.9 Å². The number of carbonyl (C=O) groups excluding carboxylic acids is 1. The van der Waals surface area contributed by atoms with Gasteiger partial charge in [-0.05, 0) is 58.0 Å². The van der Waals surface area contributed by atoms with E-state index in [1.165, 1.54) is 0 Å². The number of aromatic amines is 1. The quantitative estimate of drug-likeness (QED) is 0.369. The first-order valence-electron chi connectivity index (χ1n) is 14.3. The van der Waals surface area contributed by atoms with Crippen LogP contribution in [0, 0.1) is 12.7 Å². The molecule has 11 heteroatoms. The number of amides is 1. The van der Waals surface area contributed by atoms with Crippen LogP contribution in [0.15, 0.2) is 24.4 Å². The Balaban J connectivity index is 1.40. The van der Waals surface area contributed by atoms with Crippen LogP contribution in [0.4, 0.5) is 15.8 Å². The zero-order valence-electron chi connectivity index (χ0n) is 23.2. The summed E-state index contributed by atoms with van der Waals surface area (Å²) in [6, 6.07) is 5.58. The Morgan fingerprint density at radius 3 is 2.83 bits per heavy atom. The van der Waals surface area contributed by atoms with E-state index in [0.29, 0.717) is 47.7 Å². The minimum Gasteiger partial charge on any atom is -0.469 e. The van der Waals surface area contributed by atoms with E-state index in [2.05, 4.69) is 39.3 Å². The lowest BCUT2D eigenvalue weighted by Crippen LogP contribution is -2.66. The highest BCUT2D eigenvalue weighted by Gasteiger charge is 2.49. The van der Waals surface area contributed by atoms with Crippen molar-refractivity contribution in [1.29, 1.82) is 0 Å². The molecule has 0 aliphatic carbocycles. The summed E-state index contributed by atoms with van der Waals surface area (Å²) in [5, 5.41) is 12.3. The van der Waals surface area contributed by atoms with Gasteiger partial charge in [0.1, 0.15) is 23.3 Å². The number of H-pyrrole nitrogens is 1. The van der Waals surface area contributed by atoms with Crippen LogP contribution in [0.25, 0.3) is 32.9 Å². The molecule has 2 aromatic carbocycles. The van der Waals surface area contributed by atoms with Crippen molar-refractivity contribution in [3.8, 4) is 17.0 Å². The summed E-state index contributed by atoms with van der Waals surface area (Å²) >= 11 is 6.96. The lowest BCUT2D eigenvalue weighted by atomic mass is 9.93. The summed E-state index contributed by atoms with van der Waals surface area (Å²) in [7, 11) is 2.09. The molecule has 4 aliphatic rings. The Kier molecular flexibility index (Phi) is 5.55. The fourth-order valence-electron chi connectivity index (χ4n) is 7.40. The van der Waals surface area contributed by atoms with Crippen molar-refractivity contribution in [2.24, 2.45) is 0 Å². The minimum absolute atomic E-state index is 0.0266. The molecular formula is C30H31ClFN7O2. The third-order valence-corrected chi connectivity index (χ3v) is 9.71. The van der Waals surface area contributed by atoms with Gasteiger partial charge in [-0.25, -0.2) is 9.37 Å². The van der Waals surface area contributed by atoms with Gasteiger partial charge >= 0.3 is 0 Å². The molecule has 0 bridgehead atoms. The largest absolute Gasteiger partial charge is 0.469 e. The molecule has 41 heavy (non-hydrogen) atoms.